The zero-order valence-corrected chi connectivity index (χ0v) is 7.66. The minimum atomic E-state index is -0.845. The Labute approximate surface area is 66.0 Å². The number of carbonyl (C=O) groups excluding carboxylic acids is 1. The van der Waals surface area contributed by atoms with Crippen LogP contribution in [0.1, 0.15) is 20.8 Å². The molecule has 0 spiro atoms. The van der Waals surface area contributed by atoms with Crippen LogP contribution in [0.5, 0.6) is 0 Å². The van der Waals surface area contributed by atoms with Crippen LogP contribution in [0.2, 0.25) is 0 Å². The van der Waals surface area contributed by atoms with E-state index in [1.165, 1.54) is 18.7 Å². The maximum atomic E-state index is 10.7. The normalized spacial score (nSPS) is 14.9. The molecule has 60 valence electrons. The van der Waals surface area contributed by atoms with Gasteiger partial charge in [-0.1, -0.05) is 0 Å². The summed E-state index contributed by atoms with van der Waals surface area (Å²) >= 11 is 1.49. The molecule has 0 saturated heterocycles. The van der Waals surface area contributed by atoms with Gasteiger partial charge in [0.05, 0.1) is 0 Å². The molecule has 0 rings (SSSR count). The monoisotopic (exact) mass is 162 g/mol. The van der Waals surface area contributed by atoms with Crippen LogP contribution < -0.4 is 0 Å². The highest BCUT2D eigenvalue weighted by atomic mass is 32.2. The lowest BCUT2D eigenvalue weighted by molar-refractivity contribution is -0.126. The van der Waals surface area contributed by atoms with Gasteiger partial charge in [0.1, 0.15) is 6.10 Å². The van der Waals surface area contributed by atoms with E-state index in [1.807, 2.05) is 20.1 Å². The molecule has 0 amide bonds. The van der Waals surface area contributed by atoms with Gasteiger partial charge in [-0.25, -0.2) is 0 Å². The van der Waals surface area contributed by atoms with Crippen molar-refractivity contribution in [3.05, 3.63) is 0 Å². The van der Waals surface area contributed by atoms with Crippen molar-refractivity contribution < 1.29 is 9.90 Å². The topological polar surface area (TPSA) is 37.3 Å². The van der Waals surface area contributed by atoms with Crippen LogP contribution in [0.15, 0.2) is 0 Å². The predicted octanol–water partition coefficient (Wildman–Crippen LogP) is 1.08. The van der Waals surface area contributed by atoms with Crippen LogP contribution in [0.25, 0.3) is 0 Å². The van der Waals surface area contributed by atoms with Crippen molar-refractivity contribution in [1.29, 1.82) is 0 Å². The van der Waals surface area contributed by atoms with Crippen molar-refractivity contribution in [2.24, 2.45) is 0 Å². The molecule has 3 heteroatoms. The number of hydrogen-bond acceptors (Lipinski definition) is 3. The molecule has 0 aromatic heterocycles. The summed E-state index contributed by atoms with van der Waals surface area (Å²) in [7, 11) is 0. The van der Waals surface area contributed by atoms with Crippen molar-refractivity contribution in [1.82, 2.24) is 0 Å². The van der Waals surface area contributed by atoms with Crippen molar-refractivity contribution in [3.8, 4) is 0 Å². The number of aliphatic hydroxyl groups excluding tert-OH is 1. The molecule has 0 saturated carbocycles. The fourth-order valence-electron chi connectivity index (χ4n) is 0.601. The van der Waals surface area contributed by atoms with E-state index in [4.69, 9.17) is 0 Å². The average molecular weight is 162 g/mol. The molecule has 0 heterocycles. The van der Waals surface area contributed by atoms with E-state index in [0.29, 0.717) is 0 Å². The van der Waals surface area contributed by atoms with Gasteiger partial charge in [0, 0.05) is 4.75 Å². The smallest absolute Gasteiger partial charge is 0.159 e. The van der Waals surface area contributed by atoms with Gasteiger partial charge in [-0.05, 0) is 27.0 Å². The lowest BCUT2D eigenvalue weighted by Gasteiger charge is -2.26. The van der Waals surface area contributed by atoms with Crippen LogP contribution >= 0.6 is 11.8 Å². The summed E-state index contributed by atoms with van der Waals surface area (Å²) in [6, 6.07) is 0. The number of ketones is 1. The first-order chi connectivity index (χ1) is 4.41. The largest absolute Gasteiger partial charge is 0.384 e. The second-order valence-electron chi connectivity index (χ2n) is 2.82. The third-order valence-electron chi connectivity index (χ3n) is 1.57. The second-order valence-corrected chi connectivity index (χ2v) is 4.28. The number of thioether (sulfide) groups is 1. The minimum Gasteiger partial charge on any atom is -0.384 e. The Balaban J connectivity index is 4.17. The molecule has 0 aliphatic heterocycles. The van der Waals surface area contributed by atoms with Crippen molar-refractivity contribution in [3.63, 3.8) is 0 Å². The molecule has 0 fully saturated rings. The van der Waals surface area contributed by atoms with Crippen LogP contribution in [-0.4, -0.2) is 28.0 Å². The lowest BCUT2D eigenvalue weighted by Crippen LogP contribution is -2.37. The Morgan fingerprint density at radius 3 is 2.10 bits per heavy atom. The molecule has 1 atom stereocenters. The molecule has 0 bridgehead atoms. The summed E-state index contributed by atoms with van der Waals surface area (Å²) in [5.74, 6) is -0.167. The number of carbonyl (C=O) groups is 1. The molecular formula is C7H14O2S. The SMILES string of the molecule is CSC(C)(C)C(O)C(C)=O. The van der Waals surface area contributed by atoms with Gasteiger partial charge >= 0.3 is 0 Å². The fourth-order valence-corrected chi connectivity index (χ4v) is 0.990. The number of hydrogen-bond donors (Lipinski definition) is 1. The number of rotatable bonds is 3. The summed E-state index contributed by atoms with van der Waals surface area (Å²) in [6.45, 7) is 5.11. The van der Waals surface area contributed by atoms with Crippen LogP contribution in [0, 0.1) is 0 Å². The molecule has 10 heavy (non-hydrogen) atoms. The van der Waals surface area contributed by atoms with Gasteiger partial charge in [0.25, 0.3) is 0 Å². The Morgan fingerprint density at radius 2 is 2.00 bits per heavy atom. The molecule has 0 aromatic carbocycles. The molecule has 1 unspecified atom stereocenters. The Bertz CT molecular complexity index is 132. The molecule has 2 nitrogen and oxygen atoms in total. The van der Waals surface area contributed by atoms with Crippen molar-refractivity contribution in [2.45, 2.75) is 31.6 Å². The quantitative estimate of drug-likeness (QED) is 0.674. The fraction of sp³-hybridized carbons (Fsp3) is 0.857. The highest BCUT2D eigenvalue weighted by molar-refractivity contribution is 8.00. The molecule has 0 aliphatic carbocycles. The maximum absolute atomic E-state index is 10.7. The Morgan fingerprint density at radius 1 is 1.60 bits per heavy atom. The average Bonchev–Trinajstić information content (AvgIpc) is 1.86. The highest BCUT2D eigenvalue weighted by Crippen LogP contribution is 2.25. The third kappa shape index (κ3) is 2.31. The molecule has 1 N–H and O–H groups in total. The Kier molecular flexibility index (Phi) is 3.39. The van der Waals surface area contributed by atoms with E-state index in [1.54, 1.807) is 0 Å². The standard InChI is InChI=1S/C7H14O2S/c1-5(8)6(9)7(2,3)10-4/h6,9H,1-4H3. The van der Waals surface area contributed by atoms with Crippen molar-refractivity contribution >= 4 is 17.5 Å². The number of aliphatic hydroxyl groups is 1. The zero-order valence-electron chi connectivity index (χ0n) is 6.84. The van der Waals surface area contributed by atoms with E-state index in [-0.39, 0.29) is 10.5 Å². The third-order valence-corrected chi connectivity index (χ3v) is 2.85. The van der Waals surface area contributed by atoms with Crippen LogP contribution in [0.4, 0.5) is 0 Å². The van der Waals surface area contributed by atoms with E-state index in [9.17, 15) is 9.90 Å². The van der Waals surface area contributed by atoms with Crippen molar-refractivity contribution in [2.75, 3.05) is 6.26 Å². The first-order valence-corrected chi connectivity index (χ1v) is 4.38. The van der Waals surface area contributed by atoms with Gasteiger partial charge in [-0.3, -0.25) is 4.79 Å². The van der Waals surface area contributed by atoms with Gasteiger partial charge < -0.3 is 5.11 Å². The van der Waals surface area contributed by atoms with Gasteiger partial charge in [0.2, 0.25) is 0 Å². The summed E-state index contributed by atoms with van der Waals surface area (Å²) in [4.78, 5) is 10.7. The van der Waals surface area contributed by atoms with E-state index >= 15 is 0 Å². The number of Topliss-reactive ketones (excluding diaryl/α,β-unsaturated/α-hetero) is 1. The van der Waals surface area contributed by atoms with Gasteiger partial charge in [0.15, 0.2) is 5.78 Å². The van der Waals surface area contributed by atoms with E-state index in [2.05, 4.69) is 0 Å². The minimum absolute atomic E-state index is 0.167. The first kappa shape index (κ1) is 9.98. The van der Waals surface area contributed by atoms with Gasteiger partial charge in [-0.2, -0.15) is 11.8 Å². The summed E-state index contributed by atoms with van der Waals surface area (Å²) in [5.41, 5.74) is 0. The van der Waals surface area contributed by atoms with Crippen LogP contribution in [-0.2, 0) is 4.79 Å². The Hall–Kier alpha value is -0.0200. The second kappa shape index (κ2) is 3.39. The highest BCUT2D eigenvalue weighted by Gasteiger charge is 2.29. The predicted molar refractivity (Wildman–Crippen MR) is 44.3 cm³/mol. The van der Waals surface area contributed by atoms with E-state index in [0.717, 1.165) is 0 Å². The molecule has 0 radical (unpaired) electrons. The summed E-state index contributed by atoms with van der Waals surface area (Å²) < 4.78 is -0.355. The maximum Gasteiger partial charge on any atom is 0.159 e. The first-order valence-electron chi connectivity index (χ1n) is 3.15. The van der Waals surface area contributed by atoms with Crippen LogP contribution in [0.3, 0.4) is 0 Å². The summed E-state index contributed by atoms with van der Waals surface area (Å²) in [5, 5.41) is 9.28. The summed E-state index contributed by atoms with van der Waals surface area (Å²) in [6.07, 6.45) is 1.04. The molecular weight excluding hydrogens is 148 g/mol. The van der Waals surface area contributed by atoms with Gasteiger partial charge in [-0.15, -0.1) is 0 Å². The molecule has 0 aromatic rings. The van der Waals surface area contributed by atoms with E-state index < -0.39 is 6.10 Å². The zero-order chi connectivity index (χ0) is 8.36. The lowest BCUT2D eigenvalue weighted by atomic mass is 10.0. The molecule has 0 aliphatic rings.